The van der Waals surface area contributed by atoms with Crippen LogP contribution in [0, 0.1) is 23.7 Å². The number of carboxylic acids is 1. The summed E-state index contributed by atoms with van der Waals surface area (Å²) in [4.78, 5) is 26.2. The molecule has 178 valence electrons. The highest BCUT2D eigenvalue weighted by molar-refractivity contribution is 5.76. The third kappa shape index (κ3) is 7.05. The van der Waals surface area contributed by atoms with E-state index in [1.54, 1.807) is 0 Å². The first-order valence-corrected chi connectivity index (χ1v) is 11.2. The van der Waals surface area contributed by atoms with E-state index in [0.29, 0.717) is 30.1 Å². The summed E-state index contributed by atoms with van der Waals surface area (Å²) < 4.78 is 43.1. The van der Waals surface area contributed by atoms with Gasteiger partial charge in [0.25, 0.3) is 0 Å². The molecule has 4 aliphatic rings. The second-order valence-electron chi connectivity index (χ2n) is 9.09. The summed E-state index contributed by atoms with van der Waals surface area (Å²) in [5.41, 5.74) is 0. The summed E-state index contributed by atoms with van der Waals surface area (Å²) in [5, 5.41) is 7.12. The lowest BCUT2D eigenvalue weighted by Crippen LogP contribution is -2.39. The first kappa shape index (κ1) is 24.3. The molecular weight excluding hydrogens is 417 g/mol. The molecule has 4 rings (SSSR count). The Morgan fingerprint density at radius 2 is 1.65 bits per heavy atom. The van der Waals surface area contributed by atoms with Gasteiger partial charge in [0.2, 0.25) is 5.91 Å². The Kier molecular flexibility index (Phi) is 8.58. The third-order valence-corrected chi connectivity index (χ3v) is 6.83. The fraction of sp³-hybridized carbons (Fsp3) is 0.905. The van der Waals surface area contributed by atoms with Crippen LogP contribution in [-0.2, 0) is 19.1 Å². The maximum atomic E-state index is 12.5. The van der Waals surface area contributed by atoms with E-state index in [0.717, 1.165) is 52.0 Å². The minimum atomic E-state index is -5.08. The highest BCUT2D eigenvalue weighted by atomic mass is 19.4. The molecule has 1 amide bonds. The maximum Gasteiger partial charge on any atom is 0.490 e. The predicted octanol–water partition coefficient (Wildman–Crippen LogP) is 2.25. The Balaban J connectivity index is 0.000000339. The van der Waals surface area contributed by atoms with Crippen LogP contribution in [0.5, 0.6) is 0 Å². The number of likely N-dealkylation sites (tertiary alicyclic amines) is 2. The molecule has 1 N–H and O–H groups in total. The molecule has 4 fully saturated rings. The number of nitrogens with zero attached hydrogens (tertiary/aromatic N) is 2. The predicted molar refractivity (Wildman–Crippen MR) is 105 cm³/mol. The number of carboxylic acid groups (broad SMARTS) is 1. The van der Waals surface area contributed by atoms with Crippen molar-refractivity contribution >= 4 is 11.9 Å². The molecule has 7 nitrogen and oxygen atoms in total. The number of fused-ring (bicyclic) bond motifs is 1. The van der Waals surface area contributed by atoms with Crippen LogP contribution in [0.3, 0.4) is 0 Å². The Morgan fingerprint density at radius 3 is 2.26 bits per heavy atom. The van der Waals surface area contributed by atoms with E-state index in [1.807, 2.05) is 0 Å². The van der Waals surface area contributed by atoms with E-state index >= 15 is 0 Å². The molecule has 4 aliphatic heterocycles. The van der Waals surface area contributed by atoms with Crippen molar-refractivity contribution < 1.29 is 37.3 Å². The van der Waals surface area contributed by atoms with Crippen molar-refractivity contribution in [3.8, 4) is 0 Å². The highest BCUT2D eigenvalue weighted by Crippen LogP contribution is 2.37. The summed E-state index contributed by atoms with van der Waals surface area (Å²) in [6.45, 7) is 9.02. The van der Waals surface area contributed by atoms with Crippen molar-refractivity contribution in [1.29, 1.82) is 0 Å². The van der Waals surface area contributed by atoms with Crippen molar-refractivity contribution in [2.75, 3.05) is 59.2 Å². The van der Waals surface area contributed by atoms with Gasteiger partial charge in [0.15, 0.2) is 0 Å². The van der Waals surface area contributed by atoms with Crippen LogP contribution in [0.4, 0.5) is 13.2 Å². The molecule has 0 aromatic rings. The summed E-state index contributed by atoms with van der Waals surface area (Å²) in [6, 6.07) is 0. The van der Waals surface area contributed by atoms with Gasteiger partial charge in [0.1, 0.15) is 0 Å². The van der Waals surface area contributed by atoms with Crippen molar-refractivity contribution in [3.05, 3.63) is 0 Å². The summed E-state index contributed by atoms with van der Waals surface area (Å²) in [5.74, 6) is 0.123. The summed E-state index contributed by atoms with van der Waals surface area (Å²) in [7, 11) is 0. The SMILES string of the molecule is O=C(C[C@@H]1COC[C@H]2CN(CC3CCOCC3)C[C@@H]12)N1CCCC1.O=C(O)C(F)(F)F. The van der Waals surface area contributed by atoms with Crippen LogP contribution in [0.1, 0.15) is 32.1 Å². The number of hydrogen-bond donors (Lipinski definition) is 1. The van der Waals surface area contributed by atoms with Crippen LogP contribution in [0.15, 0.2) is 0 Å². The van der Waals surface area contributed by atoms with Gasteiger partial charge in [-0.15, -0.1) is 0 Å². The van der Waals surface area contributed by atoms with E-state index in [2.05, 4.69) is 9.80 Å². The van der Waals surface area contributed by atoms with Crippen LogP contribution in [0.25, 0.3) is 0 Å². The number of amides is 1. The minimum absolute atomic E-state index is 0.365. The van der Waals surface area contributed by atoms with Crippen LogP contribution in [0.2, 0.25) is 0 Å². The molecular formula is C21H33F3N2O5. The number of hydrogen-bond acceptors (Lipinski definition) is 5. The monoisotopic (exact) mass is 450 g/mol. The third-order valence-electron chi connectivity index (χ3n) is 6.83. The molecule has 10 heteroatoms. The van der Waals surface area contributed by atoms with Gasteiger partial charge >= 0.3 is 12.1 Å². The molecule has 0 unspecified atom stereocenters. The van der Waals surface area contributed by atoms with E-state index < -0.39 is 12.1 Å². The number of carbonyl (C=O) groups is 2. The number of ether oxygens (including phenoxy) is 2. The fourth-order valence-corrected chi connectivity index (χ4v) is 5.17. The van der Waals surface area contributed by atoms with E-state index in [9.17, 15) is 18.0 Å². The van der Waals surface area contributed by atoms with E-state index in [4.69, 9.17) is 19.4 Å². The molecule has 3 atom stereocenters. The topological polar surface area (TPSA) is 79.3 Å². The number of carbonyl (C=O) groups excluding carboxylic acids is 1. The number of rotatable bonds is 4. The lowest BCUT2D eigenvalue weighted by atomic mass is 9.81. The molecule has 0 spiro atoms. The van der Waals surface area contributed by atoms with Gasteiger partial charge in [-0.1, -0.05) is 0 Å². The molecule has 0 radical (unpaired) electrons. The van der Waals surface area contributed by atoms with Gasteiger partial charge in [-0.25, -0.2) is 4.79 Å². The first-order valence-electron chi connectivity index (χ1n) is 11.2. The average molecular weight is 450 g/mol. The van der Waals surface area contributed by atoms with Crippen LogP contribution in [-0.4, -0.2) is 92.1 Å². The van der Waals surface area contributed by atoms with Crippen molar-refractivity contribution in [1.82, 2.24) is 9.80 Å². The van der Waals surface area contributed by atoms with Gasteiger partial charge in [0, 0.05) is 52.4 Å². The fourth-order valence-electron chi connectivity index (χ4n) is 5.17. The Labute approximate surface area is 180 Å². The zero-order chi connectivity index (χ0) is 22.4. The van der Waals surface area contributed by atoms with Gasteiger partial charge in [0.05, 0.1) is 13.2 Å². The number of halogens is 3. The molecule has 0 aromatic heterocycles. The quantitative estimate of drug-likeness (QED) is 0.708. The summed E-state index contributed by atoms with van der Waals surface area (Å²) >= 11 is 0. The normalized spacial score (nSPS) is 29.9. The smallest absolute Gasteiger partial charge is 0.475 e. The molecule has 0 aromatic carbocycles. The van der Waals surface area contributed by atoms with Gasteiger partial charge in [-0.3, -0.25) is 4.79 Å². The molecule has 0 bridgehead atoms. The van der Waals surface area contributed by atoms with Crippen molar-refractivity contribution in [2.24, 2.45) is 23.7 Å². The highest BCUT2D eigenvalue weighted by Gasteiger charge is 2.42. The molecule has 0 saturated carbocycles. The lowest BCUT2D eigenvalue weighted by molar-refractivity contribution is -0.192. The second-order valence-corrected chi connectivity index (χ2v) is 9.09. The van der Waals surface area contributed by atoms with Gasteiger partial charge < -0.3 is 24.4 Å². The zero-order valence-electron chi connectivity index (χ0n) is 17.8. The first-order chi connectivity index (χ1) is 14.7. The second kappa shape index (κ2) is 11.0. The minimum Gasteiger partial charge on any atom is -0.475 e. The average Bonchev–Trinajstić information content (AvgIpc) is 3.39. The number of aliphatic carboxylic acids is 1. The standard InChI is InChI=1S/C19H32N2O3.C2HF3O2/c22-19(21-5-1-2-6-21)9-16-13-24-14-17-11-20(12-18(16)17)10-15-3-7-23-8-4-15;3-2(4,5)1(6)7/h15-18H,1-14H2;(H,6,7)/t16-,17-,18+;/m1./s1. The molecule has 4 heterocycles. The van der Waals surface area contributed by atoms with Crippen molar-refractivity contribution in [3.63, 3.8) is 0 Å². The van der Waals surface area contributed by atoms with Gasteiger partial charge in [-0.05, 0) is 49.4 Å². The largest absolute Gasteiger partial charge is 0.490 e. The van der Waals surface area contributed by atoms with Crippen LogP contribution >= 0.6 is 0 Å². The summed E-state index contributed by atoms with van der Waals surface area (Å²) in [6.07, 6.45) is 0.389. The van der Waals surface area contributed by atoms with Crippen molar-refractivity contribution in [2.45, 2.75) is 38.3 Å². The molecule has 4 saturated heterocycles. The molecule has 31 heavy (non-hydrogen) atoms. The van der Waals surface area contributed by atoms with Crippen LogP contribution < -0.4 is 0 Å². The van der Waals surface area contributed by atoms with Gasteiger partial charge in [-0.2, -0.15) is 13.2 Å². The number of alkyl halides is 3. The Bertz CT molecular complexity index is 606. The zero-order valence-corrected chi connectivity index (χ0v) is 17.8. The molecule has 0 aliphatic carbocycles. The Morgan fingerprint density at radius 1 is 1.00 bits per heavy atom. The lowest BCUT2D eigenvalue weighted by Gasteiger charge is -2.33. The van der Waals surface area contributed by atoms with E-state index in [1.165, 1.54) is 38.8 Å². The maximum absolute atomic E-state index is 12.5. The Hall–Kier alpha value is -1.39. The van der Waals surface area contributed by atoms with E-state index in [-0.39, 0.29) is 0 Å².